The Balaban J connectivity index is 0. The normalized spacial score (nSPS) is 14.1. The van der Waals surface area contributed by atoms with Crippen molar-refractivity contribution in [1.82, 2.24) is 0 Å². The molecule has 0 aliphatic carbocycles. The molecule has 0 aliphatic rings. The molecule has 1 atom stereocenters. The summed E-state index contributed by atoms with van der Waals surface area (Å²) in [6, 6.07) is 0. The summed E-state index contributed by atoms with van der Waals surface area (Å²) in [6.45, 7) is 1.25. The molecule has 0 saturated carbocycles. The van der Waals surface area contributed by atoms with Crippen LogP contribution >= 0.6 is 0 Å². The molecular weight excluding hydrogens is 240 g/mol. The van der Waals surface area contributed by atoms with Crippen molar-refractivity contribution in [3.05, 3.63) is 0 Å². The number of hydrogen-bond acceptors (Lipinski definition) is 4. The smallest absolute Gasteiger partial charge is 0.748 e. The summed E-state index contributed by atoms with van der Waals surface area (Å²) in [5.41, 5.74) is 0. The van der Waals surface area contributed by atoms with Gasteiger partial charge in [0.2, 0.25) is 0 Å². The summed E-state index contributed by atoms with van der Waals surface area (Å²) in [5.74, 6) is -0.701. The topological polar surface area (TPSA) is 77.4 Å². The van der Waals surface area contributed by atoms with E-state index in [4.69, 9.17) is 5.11 Å². The van der Waals surface area contributed by atoms with E-state index in [1.165, 1.54) is 6.92 Å². The van der Waals surface area contributed by atoms with Crippen molar-refractivity contribution in [2.75, 3.05) is 5.75 Å². The fraction of sp³-hybridized carbons (Fsp3) is 1.00. The largest absolute Gasteiger partial charge is 1.00 e. The predicted molar refractivity (Wildman–Crippen MR) is 26.2 cm³/mol. The average Bonchev–Trinajstić information content (AvgIpc) is 1.21. The van der Waals surface area contributed by atoms with E-state index >= 15 is 0 Å². The second-order valence-corrected chi connectivity index (χ2v) is 3.02. The molecule has 0 bridgehead atoms. The van der Waals surface area contributed by atoms with Gasteiger partial charge in [-0.3, -0.25) is 0 Å². The molecule has 6 heteroatoms. The maximum atomic E-state index is 9.73. The molecule has 9 heavy (non-hydrogen) atoms. The molecule has 0 aromatic heterocycles. The second-order valence-electron chi connectivity index (χ2n) is 1.57. The van der Waals surface area contributed by atoms with E-state index in [0.717, 1.165) is 0 Å². The minimum absolute atomic E-state index is 0. The van der Waals surface area contributed by atoms with Crippen LogP contribution in [0.1, 0.15) is 6.92 Å². The van der Waals surface area contributed by atoms with Crippen molar-refractivity contribution in [1.29, 1.82) is 0 Å². The SMILES string of the molecule is CC(O)CS(=O)(=O)[O-].[Ag+]. The summed E-state index contributed by atoms with van der Waals surface area (Å²) < 4.78 is 29.2. The maximum Gasteiger partial charge on any atom is 1.00 e. The zero-order valence-electron chi connectivity index (χ0n) is 4.67. The molecular formula is C3H7AgO4S. The fourth-order valence-corrected chi connectivity index (χ4v) is 0.886. The summed E-state index contributed by atoms with van der Waals surface area (Å²) in [4.78, 5) is 0. The zero-order valence-corrected chi connectivity index (χ0v) is 6.96. The molecule has 0 rings (SSSR count). The average molecular weight is 247 g/mol. The Bertz CT molecular complexity index is 149. The first-order valence-corrected chi connectivity index (χ1v) is 3.61. The Morgan fingerprint density at radius 2 is 2.00 bits per heavy atom. The van der Waals surface area contributed by atoms with Gasteiger partial charge in [0.25, 0.3) is 0 Å². The first-order valence-electron chi connectivity index (χ1n) is 2.03. The van der Waals surface area contributed by atoms with Crippen molar-refractivity contribution < 1.29 is 40.5 Å². The third kappa shape index (κ3) is 12.0. The van der Waals surface area contributed by atoms with Crippen LogP contribution in [0.3, 0.4) is 0 Å². The third-order valence-electron chi connectivity index (χ3n) is 0.445. The van der Waals surface area contributed by atoms with Crippen LogP contribution in [0.2, 0.25) is 0 Å². The molecule has 0 heterocycles. The van der Waals surface area contributed by atoms with E-state index in [9.17, 15) is 13.0 Å². The Hall–Kier alpha value is 0.610. The Labute approximate surface area is 69.5 Å². The Kier molecular flexibility index (Phi) is 6.05. The number of rotatable bonds is 2. The number of aliphatic hydroxyl groups is 1. The van der Waals surface area contributed by atoms with Crippen LogP contribution in [0.5, 0.6) is 0 Å². The van der Waals surface area contributed by atoms with Crippen LogP contribution in [0.4, 0.5) is 0 Å². The van der Waals surface area contributed by atoms with Crippen LogP contribution in [0, 0.1) is 0 Å². The molecule has 0 spiro atoms. The van der Waals surface area contributed by atoms with Crippen molar-refractivity contribution in [2.24, 2.45) is 0 Å². The second kappa shape index (κ2) is 4.43. The van der Waals surface area contributed by atoms with E-state index in [1.54, 1.807) is 0 Å². The minimum atomic E-state index is -4.22. The monoisotopic (exact) mass is 246 g/mol. The van der Waals surface area contributed by atoms with Crippen molar-refractivity contribution >= 4 is 10.1 Å². The van der Waals surface area contributed by atoms with E-state index < -0.39 is 22.0 Å². The van der Waals surface area contributed by atoms with Gasteiger partial charge >= 0.3 is 22.4 Å². The van der Waals surface area contributed by atoms with Crippen molar-refractivity contribution in [3.8, 4) is 0 Å². The van der Waals surface area contributed by atoms with Gasteiger partial charge in [-0.25, -0.2) is 8.42 Å². The van der Waals surface area contributed by atoms with E-state index in [-0.39, 0.29) is 22.4 Å². The van der Waals surface area contributed by atoms with Gasteiger partial charge in [0.15, 0.2) is 0 Å². The van der Waals surface area contributed by atoms with Gasteiger partial charge in [-0.05, 0) is 6.92 Å². The Morgan fingerprint density at radius 3 is 2.00 bits per heavy atom. The maximum absolute atomic E-state index is 9.73. The minimum Gasteiger partial charge on any atom is -0.748 e. The third-order valence-corrected chi connectivity index (χ3v) is 1.34. The van der Waals surface area contributed by atoms with Gasteiger partial charge in [0.1, 0.15) is 0 Å². The van der Waals surface area contributed by atoms with Crippen LogP contribution in [0.15, 0.2) is 0 Å². The predicted octanol–water partition coefficient (Wildman–Crippen LogP) is -1.09. The van der Waals surface area contributed by atoms with Gasteiger partial charge in [-0.2, -0.15) is 0 Å². The van der Waals surface area contributed by atoms with Gasteiger partial charge in [-0.1, -0.05) is 0 Å². The molecule has 0 aromatic rings. The Morgan fingerprint density at radius 1 is 1.67 bits per heavy atom. The van der Waals surface area contributed by atoms with E-state index in [0.29, 0.717) is 0 Å². The van der Waals surface area contributed by atoms with Crippen molar-refractivity contribution in [2.45, 2.75) is 13.0 Å². The standard InChI is InChI=1S/C3H8O4S.Ag/c1-3(4)2-8(5,6)7;/h3-4H,2H2,1H3,(H,5,6,7);/q;+1/p-1. The molecule has 0 saturated heterocycles. The molecule has 0 aliphatic heterocycles. The van der Waals surface area contributed by atoms with Gasteiger partial charge in [0.05, 0.1) is 22.0 Å². The first-order chi connectivity index (χ1) is 3.42. The molecule has 0 aromatic carbocycles. The van der Waals surface area contributed by atoms with Crippen LogP contribution in [-0.4, -0.2) is 29.9 Å². The first kappa shape index (κ1) is 12.3. The van der Waals surface area contributed by atoms with E-state index in [1.807, 2.05) is 0 Å². The molecule has 4 nitrogen and oxygen atoms in total. The molecule has 0 amide bonds. The summed E-state index contributed by atoms with van der Waals surface area (Å²) in [5, 5.41) is 8.31. The number of aliphatic hydroxyl groups excluding tert-OH is 1. The molecule has 60 valence electrons. The molecule has 1 N–H and O–H groups in total. The zero-order chi connectivity index (χ0) is 6.78. The summed E-state index contributed by atoms with van der Waals surface area (Å²) in [6.07, 6.45) is -1.06. The van der Waals surface area contributed by atoms with Crippen molar-refractivity contribution in [3.63, 3.8) is 0 Å². The van der Waals surface area contributed by atoms with Gasteiger partial charge < -0.3 is 9.66 Å². The fourth-order valence-electron chi connectivity index (χ4n) is 0.295. The molecule has 0 radical (unpaired) electrons. The van der Waals surface area contributed by atoms with Crippen LogP contribution in [0.25, 0.3) is 0 Å². The summed E-state index contributed by atoms with van der Waals surface area (Å²) >= 11 is 0. The molecule has 1 unspecified atom stereocenters. The van der Waals surface area contributed by atoms with E-state index in [2.05, 4.69) is 0 Å². The van der Waals surface area contributed by atoms with Gasteiger partial charge in [0, 0.05) is 0 Å². The number of hydrogen-bond donors (Lipinski definition) is 1. The van der Waals surface area contributed by atoms with Crippen LogP contribution in [-0.2, 0) is 32.5 Å². The molecule has 0 fully saturated rings. The quantitative estimate of drug-likeness (QED) is 0.496. The summed E-state index contributed by atoms with van der Waals surface area (Å²) in [7, 11) is -4.22. The van der Waals surface area contributed by atoms with Gasteiger partial charge in [-0.15, -0.1) is 0 Å². The van der Waals surface area contributed by atoms with Crippen LogP contribution < -0.4 is 0 Å².